The van der Waals surface area contributed by atoms with Crippen molar-refractivity contribution in [3.05, 3.63) is 0 Å². The summed E-state index contributed by atoms with van der Waals surface area (Å²) in [6.45, 7) is 5.13. The zero-order valence-electron chi connectivity index (χ0n) is 9.75. The van der Waals surface area contributed by atoms with Crippen molar-refractivity contribution in [1.82, 2.24) is 4.90 Å². The maximum absolute atomic E-state index is 11.9. The molecular formula is C12H23NO. The second kappa shape index (κ2) is 5.38. The summed E-state index contributed by atoms with van der Waals surface area (Å²) in [5, 5.41) is 0. The summed E-state index contributed by atoms with van der Waals surface area (Å²) >= 11 is 0. The van der Waals surface area contributed by atoms with Crippen molar-refractivity contribution < 1.29 is 4.79 Å². The number of carbonyl (C=O) groups excluding carboxylic acids is 1. The van der Waals surface area contributed by atoms with E-state index in [4.69, 9.17) is 0 Å². The summed E-state index contributed by atoms with van der Waals surface area (Å²) < 4.78 is 0. The van der Waals surface area contributed by atoms with E-state index in [0.717, 1.165) is 25.3 Å². The van der Waals surface area contributed by atoms with Gasteiger partial charge in [-0.25, -0.2) is 0 Å². The second-order valence-corrected chi connectivity index (χ2v) is 4.48. The number of carbonyl (C=O) groups is 1. The third-order valence-electron chi connectivity index (χ3n) is 3.62. The number of rotatable bonds is 3. The van der Waals surface area contributed by atoms with Crippen molar-refractivity contribution in [3.8, 4) is 0 Å². The van der Waals surface area contributed by atoms with Gasteiger partial charge in [0.15, 0.2) is 0 Å². The molecule has 1 rings (SSSR count). The molecular weight excluding hydrogens is 174 g/mol. The minimum atomic E-state index is 0.322. The Morgan fingerprint density at radius 3 is 2.21 bits per heavy atom. The minimum absolute atomic E-state index is 0.322. The summed E-state index contributed by atoms with van der Waals surface area (Å²) in [5.74, 6) is 1.57. The third-order valence-corrected chi connectivity index (χ3v) is 3.62. The average Bonchev–Trinajstić information content (AvgIpc) is 2.27. The van der Waals surface area contributed by atoms with Crippen molar-refractivity contribution in [2.24, 2.45) is 11.8 Å². The fourth-order valence-electron chi connectivity index (χ4n) is 2.29. The van der Waals surface area contributed by atoms with E-state index >= 15 is 0 Å². The van der Waals surface area contributed by atoms with Crippen LogP contribution in [0.15, 0.2) is 0 Å². The van der Waals surface area contributed by atoms with Gasteiger partial charge in [0.2, 0.25) is 5.91 Å². The Bertz CT molecular complexity index is 183. The standard InChI is InChI=1S/C12H23NO/c1-4-10-6-8-11(9-7-10)12(14)13(3)5-2/h10-11H,4-9H2,1-3H3/t10-,11+. The van der Waals surface area contributed by atoms with E-state index < -0.39 is 0 Å². The van der Waals surface area contributed by atoms with Gasteiger partial charge in [-0.05, 0) is 38.5 Å². The monoisotopic (exact) mass is 197 g/mol. The second-order valence-electron chi connectivity index (χ2n) is 4.48. The maximum atomic E-state index is 11.9. The van der Waals surface area contributed by atoms with Crippen LogP contribution in [0.4, 0.5) is 0 Å². The first-order valence-corrected chi connectivity index (χ1v) is 5.94. The summed E-state index contributed by atoms with van der Waals surface area (Å²) in [6.07, 6.45) is 6.02. The SMILES string of the molecule is CCN(C)C(=O)[C@H]1CC[C@@H](CC)CC1. The molecule has 1 saturated carbocycles. The van der Waals surface area contributed by atoms with Gasteiger partial charge in [0.05, 0.1) is 0 Å². The molecule has 0 radical (unpaired) electrons. The Labute approximate surface area is 87.7 Å². The van der Waals surface area contributed by atoms with Crippen LogP contribution in [0.2, 0.25) is 0 Å². The number of nitrogens with zero attached hydrogens (tertiary/aromatic N) is 1. The van der Waals surface area contributed by atoms with Crippen molar-refractivity contribution >= 4 is 5.91 Å². The Morgan fingerprint density at radius 1 is 1.21 bits per heavy atom. The first-order valence-electron chi connectivity index (χ1n) is 5.94. The van der Waals surface area contributed by atoms with Crippen molar-refractivity contribution in [2.45, 2.75) is 46.0 Å². The largest absolute Gasteiger partial charge is 0.346 e. The molecule has 0 aromatic carbocycles. The van der Waals surface area contributed by atoms with Gasteiger partial charge in [0, 0.05) is 19.5 Å². The maximum Gasteiger partial charge on any atom is 0.225 e. The molecule has 0 aliphatic heterocycles. The van der Waals surface area contributed by atoms with Crippen LogP contribution in [-0.2, 0) is 4.79 Å². The van der Waals surface area contributed by atoms with Gasteiger partial charge in [-0.2, -0.15) is 0 Å². The Balaban J connectivity index is 2.37. The first-order chi connectivity index (χ1) is 6.69. The zero-order valence-corrected chi connectivity index (χ0v) is 9.75. The van der Waals surface area contributed by atoms with E-state index in [0.29, 0.717) is 11.8 Å². The van der Waals surface area contributed by atoms with Gasteiger partial charge in [-0.3, -0.25) is 4.79 Å². The molecule has 0 saturated heterocycles. The van der Waals surface area contributed by atoms with Gasteiger partial charge >= 0.3 is 0 Å². The lowest BCUT2D eigenvalue weighted by Crippen LogP contribution is -2.34. The highest BCUT2D eigenvalue weighted by Crippen LogP contribution is 2.31. The van der Waals surface area contributed by atoms with Crippen LogP contribution >= 0.6 is 0 Å². The predicted molar refractivity (Wildman–Crippen MR) is 59.1 cm³/mol. The molecule has 0 unspecified atom stereocenters. The van der Waals surface area contributed by atoms with Crippen LogP contribution in [0.3, 0.4) is 0 Å². The molecule has 0 aromatic rings. The summed E-state index contributed by atoms with van der Waals surface area (Å²) in [4.78, 5) is 13.7. The lowest BCUT2D eigenvalue weighted by Gasteiger charge is -2.29. The lowest BCUT2D eigenvalue weighted by molar-refractivity contribution is -0.135. The van der Waals surface area contributed by atoms with E-state index in [2.05, 4.69) is 6.92 Å². The van der Waals surface area contributed by atoms with E-state index in [1.165, 1.54) is 19.3 Å². The molecule has 1 amide bonds. The highest BCUT2D eigenvalue weighted by molar-refractivity contribution is 5.78. The number of amides is 1. The first kappa shape index (κ1) is 11.5. The molecule has 0 heterocycles. The van der Waals surface area contributed by atoms with Crippen LogP contribution in [0.25, 0.3) is 0 Å². The van der Waals surface area contributed by atoms with E-state index in [1.807, 2.05) is 18.9 Å². The Kier molecular flexibility index (Phi) is 4.43. The summed E-state index contributed by atoms with van der Waals surface area (Å²) in [6, 6.07) is 0. The van der Waals surface area contributed by atoms with Gasteiger partial charge in [-0.15, -0.1) is 0 Å². The predicted octanol–water partition coefficient (Wildman–Crippen LogP) is 2.68. The van der Waals surface area contributed by atoms with E-state index in [-0.39, 0.29) is 0 Å². The van der Waals surface area contributed by atoms with Crippen molar-refractivity contribution in [3.63, 3.8) is 0 Å². The molecule has 0 bridgehead atoms. The van der Waals surface area contributed by atoms with Crippen LogP contribution in [0, 0.1) is 11.8 Å². The molecule has 1 aliphatic carbocycles. The highest BCUT2D eigenvalue weighted by Gasteiger charge is 2.26. The molecule has 82 valence electrons. The number of hydrogen-bond acceptors (Lipinski definition) is 1. The molecule has 0 N–H and O–H groups in total. The van der Waals surface area contributed by atoms with E-state index in [9.17, 15) is 4.79 Å². The zero-order chi connectivity index (χ0) is 10.6. The fraction of sp³-hybridized carbons (Fsp3) is 0.917. The van der Waals surface area contributed by atoms with E-state index in [1.54, 1.807) is 0 Å². The average molecular weight is 197 g/mol. The third kappa shape index (κ3) is 2.73. The summed E-state index contributed by atoms with van der Waals surface area (Å²) in [7, 11) is 1.91. The minimum Gasteiger partial charge on any atom is -0.346 e. The molecule has 0 spiro atoms. The summed E-state index contributed by atoms with van der Waals surface area (Å²) in [5.41, 5.74) is 0. The lowest BCUT2D eigenvalue weighted by atomic mass is 9.80. The molecule has 1 aliphatic rings. The Hall–Kier alpha value is -0.530. The Morgan fingerprint density at radius 2 is 1.79 bits per heavy atom. The number of hydrogen-bond donors (Lipinski definition) is 0. The molecule has 2 nitrogen and oxygen atoms in total. The molecule has 1 fully saturated rings. The molecule has 0 aromatic heterocycles. The normalized spacial score (nSPS) is 27.4. The van der Waals surface area contributed by atoms with Crippen LogP contribution in [0.1, 0.15) is 46.0 Å². The van der Waals surface area contributed by atoms with Crippen molar-refractivity contribution in [1.29, 1.82) is 0 Å². The van der Waals surface area contributed by atoms with Crippen LogP contribution in [0.5, 0.6) is 0 Å². The topological polar surface area (TPSA) is 20.3 Å². The van der Waals surface area contributed by atoms with Gasteiger partial charge in [-0.1, -0.05) is 13.3 Å². The van der Waals surface area contributed by atoms with Gasteiger partial charge in [0.1, 0.15) is 0 Å². The molecule has 2 heteroatoms. The molecule has 14 heavy (non-hydrogen) atoms. The van der Waals surface area contributed by atoms with Gasteiger partial charge in [0.25, 0.3) is 0 Å². The quantitative estimate of drug-likeness (QED) is 0.681. The smallest absolute Gasteiger partial charge is 0.225 e. The van der Waals surface area contributed by atoms with Crippen LogP contribution in [-0.4, -0.2) is 24.4 Å². The van der Waals surface area contributed by atoms with Crippen LogP contribution < -0.4 is 0 Å². The molecule has 0 atom stereocenters. The highest BCUT2D eigenvalue weighted by atomic mass is 16.2. The van der Waals surface area contributed by atoms with Crippen molar-refractivity contribution in [2.75, 3.05) is 13.6 Å². The van der Waals surface area contributed by atoms with Gasteiger partial charge < -0.3 is 4.90 Å². The fourth-order valence-corrected chi connectivity index (χ4v) is 2.29.